The molecule has 76 valence electrons. The summed E-state index contributed by atoms with van der Waals surface area (Å²) in [6, 6.07) is 1.60. The van der Waals surface area contributed by atoms with Gasteiger partial charge in [0.25, 0.3) is 6.43 Å². The molecule has 1 aliphatic carbocycles. The Bertz CT molecular complexity index is 345. The first-order chi connectivity index (χ1) is 6.70. The summed E-state index contributed by atoms with van der Waals surface area (Å²) >= 11 is 0. The molecule has 5 heteroatoms. The Morgan fingerprint density at radius 3 is 2.86 bits per heavy atom. The zero-order valence-electron chi connectivity index (χ0n) is 7.49. The fourth-order valence-corrected chi connectivity index (χ4v) is 1.40. The van der Waals surface area contributed by atoms with Gasteiger partial charge >= 0.3 is 0 Å². The zero-order valence-corrected chi connectivity index (χ0v) is 7.49. The van der Waals surface area contributed by atoms with Gasteiger partial charge in [-0.3, -0.25) is 9.48 Å². The van der Waals surface area contributed by atoms with Gasteiger partial charge in [0.15, 0.2) is 6.29 Å². The highest BCUT2D eigenvalue weighted by atomic mass is 19.3. The molecule has 1 fully saturated rings. The van der Waals surface area contributed by atoms with Crippen LogP contribution in [0.4, 0.5) is 8.78 Å². The molecule has 0 N–H and O–H groups in total. The first kappa shape index (κ1) is 9.30. The Balaban J connectivity index is 2.22. The third kappa shape index (κ3) is 1.81. The third-order valence-corrected chi connectivity index (χ3v) is 2.26. The molecule has 14 heavy (non-hydrogen) atoms. The van der Waals surface area contributed by atoms with Gasteiger partial charge in [-0.1, -0.05) is 0 Å². The number of alkyl halides is 2. The summed E-state index contributed by atoms with van der Waals surface area (Å²) in [5.41, 5.74) is 1.01. The number of carbonyl (C=O) groups is 1. The molecule has 1 aromatic rings. The SMILES string of the molecule is O=Cc1cc(C2CC2)nn1CC(F)F. The average Bonchev–Trinajstić information content (AvgIpc) is 2.89. The average molecular weight is 200 g/mol. The zero-order chi connectivity index (χ0) is 10.1. The van der Waals surface area contributed by atoms with E-state index in [4.69, 9.17) is 0 Å². The van der Waals surface area contributed by atoms with E-state index in [1.165, 1.54) is 0 Å². The molecule has 1 aliphatic rings. The van der Waals surface area contributed by atoms with Gasteiger partial charge in [-0.05, 0) is 18.9 Å². The number of carbonyl (C=O) groups excluding carboxylic acids is 1. The molecule has 2 rings (SSSR count). The predicted octanol–water partition coefficient (Wildman–Crippen LogP) is 1.84. The molecular weight excluding hydrogens is 190 g/mol. The van der Waals surface area contributed by atoms with Gasteiger partial charge in [-0.2, -0.15) is 5.10 Å². The molecule has 0 unspecified atom stereocenters. The highest BCUT2D eigenvalue weighted by Crippen LogP contribution is 2.39. The van der Waals surface area contributed by atoms with Crippen molar-refractivity contribution in [2.75, 3.05) is 0 Å². The van der Waals surface area contributed by atoms with Gasteiger partial charge in [0, 0.05) is 5.92 Å². The van der Waals surface area contributed by atoms with Crippen molar-refractivity contribution >= 4 is 6.29 Å². The Morgan fingerprint density at radius 1 is 1.64 bits per heavy atom. The molecule has 0 atom stereocenters. The fraction of sp³-hybridized carbons (Fsp3) is 0.556. The fourth-order valence-electron chi connectivity index (χ4n) is 1.40. The van der Waals surface area contributed by atoms with Gasteiger partial charge in [-0.15, -0.1) is 0 Å². The van der Waals surface area contributed by atoms with E-state index in [2.05, 4.69) is 5.10 Å². The lowest BCUT2D eigenvalue weighted by atomic mass is 10.3. The van der Waals surface area contributed by atoms with Crippen LogP contribution in [0.25, 0.3) is 0 Å². The number of hydrogen-bond acceptors (Lipinski definition) is 2. The summed E-state index contributed by atoms with van der Waals surface area (Å²) in [5, 5.41) is 3.99. The molecule has 0 aliphatic heterocycles. The molecule has 1 saturated carbocycles. The van der Waals surface area contributed by atoms with Crippen molar-refractivity contribution in [3.63, 3.8) is 0 Å². The largest absolute Gasteiger partial charge is 0.296 e. The molecule has 0 aromatic carbocycles. The smallest absolute Gasteiger partial charge is 0.257 e. The lowest BCUT2D eigenvalue weighted by molar-refractivity contribution is 0.108. The van der Waals surface area contributed by atoms with Crippen LogP contribution in [0, 0.1) is 0 Å². The Hall–Kier alpha value is -1.26. The van der Waals surface area contributed by atoms with E-state index >= 15 is 0 Å². The maximum atomic E-state index is 12.1. The quantitative estimate of drug-likeness (QED) is 0.695. The highest BCUT2D eigenvalue weighted by Gasteiger charge is 2.27. The van der Waals surface area contributed by atoms with Gasteiger partial charge in [-0.25, -0.2) is 8.78 Å². The molecule has 0 amide bonds. The number of halogens is 2. The summed E-state index contributed by atoms with van der Waals surface area (Å²) in [7, 11) is 0. The van der Waals surface area contributed by atoms with Crippen molar-refractivity contribution in [3.05, 3.63) is 17.5 Å². The predicted molar refractivity (Wildman–Crippen MR) is 45.6 cm³/mol. The van der Waals surface area contributed by atoms with Crippen LogP contribution in [-0.4, -0.2) is 22.5 Å². The Morgan fingerprint density at radius 2 is 2.36 bits per heavy atom. The first-order valence-electron chi connectivity index (χ1n) is 4.52. The summed E-state index contributed by atoms with van der Waals surface area (Å²) in [5.74, 6) is 0.382. The summed E-state index contributed by atoms with van der Waals surface area (Å²) in [6.07, 6.45) is 0.190. The van der Waals surface area contributed by atoms with Gasteiger partial charge < -0.3 is 0 Å². The lowest BCUT2D eigenvalue weighted by Crippen LogP contribution is -2.11. The van der Waals surface area contributed by atoms with E-state index in [9.17, 15) is 13.6 Å². The van der Waals surface area contributed by atoms with Crippen molar-refractivity contribution in [1.29, 1.82) is 0 Å². The first-order valence-corrected chi connectivity index (χ1v) is 4.52. The van der Waals surface area contributed by atoms with E-state index in [1.54, 1.807) is 6.07 Å². The van der Waals surface area contributed by atoms with E-state index in [0.717, 1.165) is 23.2 Å². The topological polar surface area (TPSA) is 34.9 Å². The van der Waals surface area contributed by atoms with Crippen LogP contribution in [0.3, 0.4) is 0 Å². The summed E-state index contributed by atoms with van der Waals surface area (Å²) < 4.78 is 25.3. The van der Waals surface area contributed by atoms with Crippen LogP contribution in [0.2, 0.25) is 0 Å². The second-order valence-electron chi connectivity index (χ2n) is 3.46. The molecule has 0 saturated heterocycles. The van der Waals surface area contributed by atoms with Crippen molar-refractivity contribution in [2.24, 2.45) is 0 Å². The van der Waals surface area contributed by atoms with Crippen molar-refractivity contribution in [2.45, 2.75) is 31.7 Å². The van der Waals surface area contributed by atoms with Crippen molar-refractivity contribution in [1.82, 2.24) is 9.78 Å². The number of nitrogens with zero attached hydrogens (tertiary/aromatic N) is 2. The molecule has 3 nitrogen and oxygen atoms in total. The number of rotatable bonds is 4. The van der Waals surface area contributed by atoms with Crippen molar-refractivity contribution < 1.29 is 13.6 Å². The van der Waals surface area contributed by atoms with Crippen LogP contribution in [-0.2, 0) is 6.54 Å². The minimum absolute atomic E-state index is 0.243. The second-order valence-corrected chi connectivity index (χ2v) is 3.46. The monoisotopic (exact) mass is 200 g/mol. The standard InChI is InChI=1S/C9H10F2N2O/c10-9(11)4-13-7(5-14)3-8(12-13)6-1-2-6/h3,5-6,9H,1-2,4H2. The molecular formula is C9H10F2N2O. The van der Waals surface area contributed by atoms with Gasteiger partial charge in [0.05, 0.1) is 5.69 Å². The normalized spacial score (nSPS) is 16.2. The lowest BCUT2D eigenvalue weighted by Gasteiger charge is -2.00. The van der Waals surface area contributed by atoms with Crippen LogP contribution in [0.15, 0.2) is 6.07 Å². The van der Waals surface area contributed by atoms with E-state index in [1.807, 2.05) is 0 Å². The maximum Gasteiger partial charge on any atom is 0.257 e. The van der Waals surface area contributed by atoms with Crippen LogP contribution >= 0.6 is 0 Å². The number of aromatic nitrogens is 2. The van der Waals surface area contributed by atoms with Crippen molar-refractivity contribution in [3.8, 4) is 0 Å². The van der Waals surface area contributed by atoms with Crippen LogP contribution in [0.5, 0.6) is 0 Å². The van der Waals surface area contributed by atoms with Crippen LogP contribution in [0.1, 0.15) is 34.9 Å². The molecule has 1 heterocycles. The molecule has 0 bridgehead atoms. The highest BCUT2D eigenvalue weighted by molar-refractivity contribution is 5.72. The maximum absolute atomic E-state index is 12.1. The Labute approximate surface area is 79.7 Å². The van der Waals surface area contributed by atoms with Gasteiger partial charge in [0.1, 0.15) is 12.2 Å². The third-order valence-electron chi connectivity index (χ3n) is 2.26. The number of hydrogen-bond donors (Lipinski definition) is 0. The number of aldehydes is 1. The van der Waals surface area contributed by atoms with E-state index in [-0.39, 0.29) is 5.69 Å². The minimum atomic E-state index is -2.47. The van der Waals surface area contributed by atoms with E-state index < -0.39 is 13.0 Å². The van der Waals surface area contributed by atoms with Crippen LogP contribution < -0.4 is 0 Å². The molecule has 0 spiro atoms. The summed E-state index contributed by atoms with van der Waals surface area (Å²) in [6.45, 7) is -0.499. The second kappa shape index (κ2) is 3.48. The Kier molecular flexibility index (Phi) is 2.31. The molecule has 1 aromatic heterocycles. The van der Waals surface area contributed by atoms with E-state index in [0.29, 0.717) is 12.2 Å². The molecule has 0 radical (unpaired) electrons. The van der Waals surface area contributed by atoms with Gasteiger partial charge in [0.2, 0.25) is 0 Å². The summed E-state index contributed by atoms with van der Waals surface area (Å²) in [4.78, 5) is 10.6. The minimum Gasteiger partial charge on any atom is -0.296 e.